The second-order valence-corrected chi connectivity index (χ2v) is 1.80. The van der Waals surface area contributed by atoms with E-state index >= 15 is 0 Å². The van der Waals surface area contributed by atoms with E-state index in [1.54, 1.807) is 0 Å². The molecule has 1 radical (unpaired) electrons. The van der Waals surface area contributed by atoms with Gasteiger partial charge in [0.05, 0.1) is 0 Å². The molecule has 0 amide bonds. The quantitative estimate of drug-likeness (QED) is 0.462. The zero-order valence-electron chi connectivity index (χ0n) is 3.71. The van der Waals surface area contributed by atoms with Gasteiger partial charge in [-0.3, -0.25) is 0 Å². The molecule has 5 heteroatoms. The topological polar surface area (TPSA) is 0 Å². The Labute approximate surface area is 73.3 Å². The van der Waals surface area contributed by atoms with Crippen molar-refractivity contribution < 1.29 is 13.2 Å². The summed E-state index contributed by atoms with van der Waals surface area (Å²) >= 11 is 0.0283. The molecule has 0 saturated heterocycles. The minimum absolute atomic E-state index is 0.0283. The Bertz CT molecular complexity index is 86.9. The SMILES string of the molecule is FC(F)=C(F)[B][K]. The molecule has 0 aromatic rings. The monoisotopic (exact) mass is 131 g/mol. The Morgan fingerprint density at radius 2 is 1.71 bits per heavy atom. The Morgan fingerprint density at radius 1 is 1.29 bits per heavy atom. The zero-order valence-corrected chi connectivity index (χ0v) is 6.83. The van der Waals surface area contributed by atoms with Crippen LogP contribution in [0.25, 0.3) is 0 Å². The maximum atomic E-state index is 11.4. The summed E-state index contributed by atoms with van der Waals surface area (Å²) in [6, 6.07) is 0. The van der Waals surface area contributed by atoms with E-state index in [4.69, 9.17) is 0 Å². The Hall–Kier alpha value is 1.23. The van der Waals surface area contributed by atoms with Crippen molar-refractivity contribution in [3.63, 3.8) is 0 Å². The molecule has 0 N–H and O–H groups in total. The molecule has 0 aliphatic rings. The summed E-state index contributed by atoms with van der Waals surface area (Å²) in [4.78, 5) is 0. The van der Waals surface area contributed by atoms with Crippen molar-refractivity contribution in [2.75, 3.05) is 0 Å². The fraction of sp³-hybridized carbons (Fsp3) is 0. The van der Waals surface area contributed by atoms with Gasteiger partial charge in [-0.1, -0.05) is 0 Å². The second kappa shape index (κ2) is 4.14. The molecule has 33 valence electrons. The van der Waals surface area contributed by atoms with Gasteiger partial charge in [0.1, 0.15) is 0 Å². The van der Waals surface area contributed by atoms with Gasteiger partial charge in [0.15, 0.2) is 0 Å². The summed E-state index contributed by atoms with van der Waals surface area (Å²) in [5.41, 5.74) is -1.36. The molecule has 0 aliphatic heterocycles. The number of halogens is 3. The third kappa shape index (κ3) is 3.78. The normalized spacial score (nSPS) is 8.14. The molecule has 0 nitrogen and oxygen atoms in total. The van der Waals surface area contributed by atoms with Crippen LogP contribution in [0.5, 0.6) is 0 Å². The van der Waals surface area contributed by atoms with Gasteiger partial charge < -0.3 is 0 Å². The Kier molecular flexibility index (Phi) is 4.87. The summed E-state index contributed by atoms with van der Waals surface area (Å²) in [7, 11) is 0. The van der Waals surface area contributed by atoms with Crippen LogP contribution in [0.3, 0.4) is 0 Å². The van der Waals surface area contributed by atoms with Gasteiger partial charge in [-0.2, -0.15) is 0 Å². The van der Waals surface area contributed by atoms with E-state index in [-0.39, 0.29) is 48.6 Å². The first-order valence-electron chi connectivity index (χ1n) is 1.68. The standard InChI is InChI=1S/C2BF3.K/c3-1(4)2(5)6;. The molecule has 7 heavy (non-hydrogen) atoms. The van der Waals surface area contributed by atoms with Crippen molar-refractivity contribution in [1.29, 1.82) is 0 Å². The number of hydrogen-bond acceptors (Lipinski definition) is 0. The third-order valence-corrected chi connectivity index (χ3v) is 1.23. The van der Waals surface area contributed by atoms with E-state index in [0.29, 0.717) is 0 Å². The van der Waals surface area contributed by atoms with Crippen LogP contribution in [0, 0.1) is 0 Å². The predicted octanol–water partition coefficient (Wildman–Crippen LogP) is 0.809. The molecule has 0 aliphatic carbocycles. The van der Waals surface area contributed by atoms with Crippen molar-refractivity contribution in [3.05, 3.63) is 11.8 Å². The summed E-state index contributed by atoms with van der Waals surface area (Å²) < 4.78 is 34.1. The van der Waals surface area contributed by atoms with Gasteiger partial charge in [-0.15, -0.1) is 0 Å². The van der Waals surface area contributed by atoms with Crippen LogP contribution in [0.2, 0.25) is 0 Å². The molecule has 0 fully saturated rings. The van der Waals surface area contributed by atoms with Gasteiger partial charge in [0.25, 0.3) is 0 Å². The van der Waals surface area contributed by atoms with E-state index in [9.17, 15) is 13.2 Å². The van der Waals surface area contributed by atoms with Gasteiger partial charge in [0.2, 0.25) is 0 Å². The van der Waals surface area contributed by atoms with Crippen LogP contribution in [0.15, 0.2) is 11.8 Å². The summed E-state index contributed by atoms with van der Waals surface area (Å²) in [6.07, 6.45) is -2.21. The van der Waals surface area contributed by atoms with Gasteiger partial charge in [0, 0.05) is 0 Å². The van der Waals surface area contributed by atoms with Crippen molar-refractivity contribution in [2.24, 2.45) is 0 Å². The fourth-order valence-corrected chi connectivity index (χ4v) is 0.450. The average molecular weight is 131 g/mol. The van der Waals surface area contributed by atoms with E-state index in [0.717, 1.165) is 0.955 Å². The molecular weight excluding hydrogens is 131 g/mol. The molecule has 0 heterocycles. The average Bonchev–Trinajstić information content (AvgIpc) is 1.65. The summed E-state index contributed by atoms with van der Waals surface area (Å²) in [5.74, 6) is 0. The molecule has 0 rings (SSSR count). The summed E-state index contributed by atoms with van der Waals surface area (Å²) in [5, 5.41) is 0. The van der Waals surface area contributed by atoms with Crippen molar-refractivity contribution in [1.82, 2.24) is 0 Å². The van der Waals surface area contributed by atoms with Gasteiger partial charge in [-0.25, -0.2) is 0 Å². The first kappa shape index (κ1) is 8.23. The molecule has 0 aromatic carbocycles. The number of rotatable bonds is 1. The minimum atomic E-state index is -2.21. The second-order valence-electron chi connectivity index (χ2n) is 0.897. The maximum absolute atomic E-state index is 11.4. The van der Waals surface area contributed by atoms with Gasteiger partial charge in [-0.05, 0) is 0 Å². The zero-order chi connectivity index (χ0) is 5.86. The Balaban J connectivity index is 3.72. The molecular formula is C2BF3K. The molecule has 0 bridgehead atoms. The van der Waals surface area contributed by atoms with Crippen LogP contribution in [0.1, 0.15) is 0 Å². The molecule has 0 unspecified atom stereocenters. The third-order valence-electron chi connectivity index (χ3n) is 0.434. The van der Waals surface area contributed by atoms with Crippen LogP contribution in [-0.2, 0) is 0 Å². The van der Waals surface area contributed by atoms with E-state index in [2.05, 4.69) is 0 Å². The Morgan fingerprint density at radius 3 is 1.71 bits per heavy atom. The number of hydrogen-bond donors (Lipinski definition) is 0. The predicted molar refractivity (Wildman–Crippen MR) is 21.9 cm³/mol. The van der Waals surface area contributed by atoms with Crippen LogP contribution < -0.4 is 0 Å². The van der Waals surface area contributed by atoms with E-state index < -0.39 is 11.8 Å². The van der Waals surface area contributed by atoms with Crippen molar-refractivity contribution >= 4 is 49.6 Å². The van der Waals surface area contributed by atoms with Crippen molar-refractivity contribution in [3.8, 4) is 0 Å². The van der Waals surface area contributed by atoms with Crippen LogP contribution in [-0.4, -0.2) is 49.6 Å². The van der Waals surface area contributed by atoms with Crippen LogP contribution >= 0.6 is 0 Å². The van der Waals surface area contributed by atoms with Crippen molar-refractivity contribution in [2.45, 2.75) is 0 Å². The first-order chi connectivity index (χ1) is 3.18. The molecule has 0 spiro atoms. The summed E-state index contributed by atoms with van der Waals surface area (Å²) in [6.45, 7) is 0. The van der Waals surface area contributed by atoms with E-state index in [1.807, 2.05) is 0 Å². The molecule has 0 saturated carbocycles. The van der Waals surface area contributed by atoms with Gasteiger partial charge >= 0.3 is 74.5 Å². The molecule has 0 aromatic heterocycles. The van der Waals surface area contributed by atoms with E-state index in [1.165, 1.54) is 0 Å². The van der Waals surface area contributed by atoms with Crippen LogP contribution in [0.4, 0.5) is 13.2 Å². The first-order valence-corrected chi connectivity index (χ1v) is 3.49. The molecule has 0 atom stereocenters. The fourth-order valence-electron chi connectivity index (χ4n) is 0.109.